The van der Waals surface area contributed by atoms with Crippen LogP contribution in [-0.2, 0) is 27.2 Å². The monoisotopic (exact) mass is 515 g/mol. The van der Waals surface area contributed by atoms with Crippen molar-refractivity contribution in [3.8, 4) is 11.1 Å². The summed E-state index contributed by atoms with van der Waals surface area (Å²) in [4.78, 5) is 15.6. The first kappa shape index (κ1) is 28.0. The molecule has 2 unspecified atom stereocenters. The lowest BCUT2D eigenvalue weighted by Gasteiger charge is -2.39. The second-order valence-electron chi connectivity index (χ2n) is 11.2. The molecule has 1 aliphatic heterocycles. The Hall–Kier alpha value is -2.99. The van der Waals surface area contributed by atoms with Gasteiger partial charge >= 0.3 is 5.97 Å². The van der Waals surface area contributed by atoms with Crippen molar-refractivity contribution in [2.24, 2.45) is 0 Å². The maximum atomic E-state index is 13.5. The molecule has 4 rings (SSSR count). The maximum Gasteiger partial charge on any atom is 0.339 e. The van der Waals surface area contributed by atoms with Gasteiger partial charge in [0.05, 0.1) is 12.2 Å². The van der Waals surface area contributed by atoms with Crippen LogP contribution in [0.2, 0.25) is 0 Å². The number of benzene rings is 3. The molecule has 0 saturated heterocycles. The standard InChI is InChI=1S/C33H41NO4/c1-8-37-32(36)30(38-33(5,6)7)29-23(4)28-26(22(3)27(29)25-16-14-21(2)15-17-25)18-19-34(31(28)35)20-24-12-10-9-11-13-24/h9-17,30-31,35H,8,18-20H2,1-7H3. The third-order valence-corrected chi connectivity index (χ3v) is 7.29. The van der Waals surface area contributed by atoms with Crippen molar-refractivity contribution in [2.45, 2.75) is 79.4 Å². The van der Waals surface area contributed by atoms with E-state index in [1.165, 1.54) is 5.56 Å². The summed E-state index contributed by atoms with van der Waals surface area (Å²) in [5.74, 6) is -0.412. The molecule has 5 heteroatoms. The molecular formula is C33H41NO4. The van der Waals surface area contributed by atoms with Crippen molar-refractivity contribution < 1.29 is 19.4 Å². The lowest BCUT2D eigenvalue weighted by Crippen LogP contribution is -2.37. The fourth-order valence-electron chi connectivity index (χ4n) is 5.55. The van der Waals surface area contributed by atoms with E-state index in [9.17, 15) is 9.90 Å². The molecule has 0 bridgehead atoms. The van der Waals surface area contributed by atoms with Gasteiger partial charge in [0.2, 0.25) is 0 Å². The Morgan fingerprint density at radius 3 is 2.29 bits per heavy atom. The number of esters is 1. The third kappa shape index (κ3) is 5.85. The molecule has 1 heterocycles. The largest absolute Gasteiger partial charge is 0.464 e. The first-order chi connectivity index (χ1) is 18.0. The highest BCUT2D eigenvalue weighted by Crippen LogP contribution is 2.45. The minimum atomic E-state index is -0.924. The van der Waals surface area contributed by atoms with Crippen LogP contribution in [0.5, 0.6) is 0 Å². The summed E-state index contributed by atoms with van der Waals surface area (Å²) < 4.78 is 12.0. The Balaban J connectivity index is 1.94. The van der Waals surface area contributed by atoms with E-state index < -0.39 is 23.9 Å². The predicted octanol–water partition coefficient (Wildman–Crippen LogP) is 6.75. The van der Waals surface area contributed by atoms with Gasteiger partial charge in [-0.15, -0.1) is 0 Å². The average Bonchev–Trinajstić information content (AvgIpc) is 2.87. The fraction of sp³-hybridized carbons (Fsp3) is 0.424. The summed E-state index contributed by atoms with van der Waals surface area (Å²) in [6, 6.07) is 18.6. The minimum Gasteiger partial charge on any atom is -0.464 e. The summed E-state index contributed by atoms with van der Waals surface area (Å²) in [6.07, 6.45) is -0.900. The molecule has 1 N–H and O–H groups in total. The average molecular weight is 516 g/mol. The van der Waals surface area contributed by atoms with Crippen LogP contribution in [0.4, 0.5) is 0 Å². The molecule has 3 aromatic rings. The van der Waals surface area contributed by atoms with Crippen LogP contribution in [0, 0.1) is 20.8 Å². The molecule has 0 radical (unpaired) electrons. The summed E-state index contributed by atoms with van der Waals surface area (Å²) >= 11 is 0. The van der Waals surface area contributed by atoms with E-state index >= 15 is 0 Å². The van der Waals surface area contributed by atoms with Gasteiger partial charge in [-0.05, 0) is 88.3 Å². The first-order valence-electron chi connectivity index (χ1n) is 13.5. The van der Waals surface area contributed by atoms with Gasteiger partial charge in [-0.3, -0.25) is 4.90 Å². The summed E-state index contributed by atoms with van der Waals surface area (Å²) in [6.45, 7) is 15.5. The van der Waals surface area contributed by atoms with Crippen molar-refractivity contribution in [1.29, 1.82) is 0 Å². The number of hydrogen-bond donors (Lipinski definition) is 1. The molecule has 0 aliphatic carbocycles. The second-order valence-corrected chi connectivity index (χ2v) is 11.2. The number of aliphatic hydroxyl groups excluding tert-OH is 1. The molecule has 3 aromatic carbocycles. The molecular weight excluding hydrogens is 474 g/mol. The molecule has 2 atom stereocenters. The van der Waals surface area contributed by atoms with Crippen LogP contribution in [0.3, 0.4) is 0 Å². The van der Waals surface area contributed by atoms with Crippen molar-refractivity contribution in [1.82, 2.24) is 4.90 Å². The Labute approximate surface area is 227 Å². The van der Waals surface area contributed by atoms with Crippen LogP contribution >= 0.6 is 0 Å². The van der Waals surface area contributed by atoms with Gasteiger partial charge in [-0.25, -0.2) is 4.79 Å². The lowest BCUT2D eigenvalue weighted by molar-refractivity contribution is -0.166. The summed E-state index contributed by atoms with van der Waals surface area (Å²) in [5, 5.41) is 11.7. The molecule has 0 saturated carbocycles. The molecule has 0 fully saturated rings. The molecule has 5 nitrogen and oxygen atoms in total. The van der Waals surface area contributed by atoms with Crippen molar-refractivity contribution in [2.75, 3.05) is 13.2 Å². The minimum absolute atomic E-state index is 0.263. The molecule has 0 amide bonds. The van der Waals surface area contributed by atoms with E-state index in [2.05, 4.69) is 55.1 Å². The second kappa shape index (κ2) is 11.4. The number of aliphatic hydroxyl groups is 1. The highest BCUT2D eigenvalue weighted by Gasteiger charge is 2.37. The van der Waals surface area contributed by atoms with Crippen LogP contribution in [0.25, 0.3) is 11.1 Å². The van der Waals surface area contributed by atoms with Crippen LogP contribution < -0.4 is 0 Å². The molecule has 0 aromatic heterocycles. The van der Waals surface area contributed by atoms with Gasteiger partial charge in [-0.2, -0.15) is 0 Å². The predicted molar refractivity (Wildman–Crippen MR) is 152 cm³/mol. The Kier molecular flexibility index (Phi) is 8.41. The topological polar surface area (TPSA) is 59.0 Å². The van der Waals surface area contributed by atoms with Crippen molar-refractivity contribution in [3.63, 3.8) is 0 Å². The number of carbonyl (C=O) groups excluding carboxylic acids is 1. The molecule has 0 spiro atoms. The van der Waals surface area contributed by atoms with Crippen LogP contribution in [-0.4, -0.2) is 34.7 Å². The highest BCUT2D eigenvalue weighted by atomic mass is 16.6. The Morgan fingerprint density at radius 1 is 1.03 bits per heavy atom. The normalized spacial score (nSPS) is 16.7. The quantitative estimate of drug-likeness (QED) is 0.353. The fourth-order valence-corrected chi connectivity index (χ4v) is 5.55. The number of nitrogens with zero attached hydrogens (tertiary/aromatic N) is 1. The number of carbonyl (C=O) groups is 1. The van der Waals surface area contributed by atoms with E-state index in [-0.39, 0.29) is 6.61 Å². The maximum absolute atomic E-state index is 13.5. The number of hydrogen-bond acceptors (Lipinski definition) is 5. The molecule has 202 valence electrons. The molecule has 38 heavy (non-hydrogen) atoms. The van der Waals surface area contributed by atoms with E-state index in [0.29, 0.717) is 6.54 Å². The SMILES string of the molecule is CCOC(=O)C(OC(C)(C)C)c1c(C)c2c(c(C)c1-c1ccc(C)cc1)CCN(Cc1ccccc1)C2O. The number of aryl methyl sites for hydroxylation is 1. The molecule has 1 aliphatic rings. The lowest BCUT2D eigenvalue weighted by atomic mass is 9.79. The van der Waals surface area contributed by atoms with Gasteiger partial charge in [-0.1, -0.05) is 60.2 Å². The smallest absolute Gasteiger partial charge is 0.339 e. The van der Waals surface area contributed by atoms with E-state index in [0.717, 1.165) is 57.5 Å². The highest BCUT2D eigenvalue weighted by molar-refractivity contribution is 5.85. The van der Waals surface area contributed by atoms with Gasteiger partial charge in [0.15, 0.2) is 6.10 Å². The Bertz CT molecular complexity index is 1280. The van der Waals surface area contributed by atoms with Crippen LogP contribution in [0.1, 0.15) is 79.0 Å². The van der Waals surface area contributed by atoms with Crippen molar-refractivity contribution in [3.05, 3.63) is 93.5 Å². The summed E-state index contributed by atoms with van der Waals surface area (Å²) in [5.41, 5.74) is 8.52. The number of fused-ring (bicyclic) bond motifs is 1. The number of ether oxygens (including phenoxy) is 2. The van der Waals surface area contributed by atoms with Crippen molar-refractivity contribution >= 4 is 5.97 Å². The van der Waals surface area contributed by atoms with Gasteiger partial charge in [0.1, 0.15) is 6.23 Å². The zero-order valence-electron chi connectivity index (χ0n) is 23.8. The first-order valence-corrected chi connectivity index (χ1v) is 13.5. The van der Waals surface area contributed by atoms with Gasteiger partial charge in [0.25, 0.3) is 0 Å². The zero-order chi connectivity index (χ0) is 27.6. The number of rotatable bonds is 7. The Morgan fingerprint density at radius 2 is 1.68 bits per heavy atom. The van der Waals surface area contributed by atoms with E-state index in [4.69, 9.17) is 9.47 Å². The third-order valence-electron chi connectivity index (χ3n) is 7.29. The summed E-state index contributed by atoms with van der Waals surface area (Å²) in [7, 11) is 0. The van der Waals surface area contributed by atoms with E-state index in [1.807, 2.05) is 52.8 Å². The van der Waals surface area contributed by atoms with Crippen LogP contribution in [0.15, 0.2) is 54.6 Å². The zero-order valence-corrected chi connectivity index (χ0v) is 23.8. The van der Waals surface area contributed by atoms with Gasteiger partial charge in [0, 0.05) is 24.2 Å². The van der Waals surface area contributed by atoms with E-state index in [1.54, 1.807) is 0 Å². The van der Waals surface area contributed by atoms with Gasteiger partial charge < -0.3 is 14.6 Å².